The Morgan fingerprint density at radius 1 is 1.03 bits per heavy atom. The van der Waals surface area contributed by atoms with E-state index in [0.717, 1.165) is 0 Å². The molecule has 2 aromatic rings. The van der Waals surface area contributed by atoms with Crippen LogP contribution in [0.1, 0.15) is 32.8 Å². The maximum Gasteiger partial charge on any atom is 0.341 e. The number of carboxylic acids is 1. The number of hydrogen-bond acceptors (Lipinski definition) is 7. The molecule has 11 nitrogen and oxygen atoms in total. The molecule has 0 spiro atoms. The molecule has 11 heteroatoms. The molecular formula is C22H28N4O7. The molecule has 0 aliphatic heterocycles. The Balaban J connectivity index is 2.05. The van der Waals surface area contributed by atoms with E-state index in [9.17, 15) is 24.0 Å². The van der Waals surface area contributed by atoms with Gasteiger partial charge in [-0.05, 0) is 25.0 Å². The van der Waals surface area contributed by atoms with Crippen LogP contribution in [0.5, 0.6) is 0 Å². The second-order valence-corrected chi connectivity index (χ2v) is 7.97. The van der Waals surface area contributed by atoms with E-state index in [1.54, 1.807) is 44.2 Å². The van der Waals surface area contributed by atoms with Crippen LogP contribution in [0.2, 0.25) is 0 Å². The number of aliphatic carboxylic acids is 1. The molecule has 3 amide bonds. The van der Waals surface area contributed by atoms with E-state index in [4.69, 9.17) is 15.3 Å². The molecule has 1 aromatic heterocycles. The molecule has 0 aliphatic rings. The maximum absolute atomic E-state index is 12.6. The molecule has 6 N–H and O–H groups in total. The first kappa shape index (κ1) is 25.5. The lowest BCUT2D eigenvalue weighted by Crippen LogP contribution is -2.55. The lowest BCUT2D eigenvalue weighted by Gasteiger charge is -2.22. The molecule has 0 unspecified atom stereocenters. The number of nitrogens with two attached hydrogens (primary N) is 1. The van der Waals surface area contributed by atoms with Gasteiger partial charge in [0.15, 0.2) is 0 Å². The van der Waals surface area contributed by atoms with Gasteiger partial charge < -0.3 is 31.2 Å². The Morgan fingerprint density at radius 2 is 1.70 bits per heavy atom. The molecule has 0 fully saturated rings. The first-order valence-corrected chi connectivity index (χ1v) is 10.4. The summed E-state index contributed by atoms with van der Waals surface area (Å²) in [5, 5.41) is 17.0. The summed E-state index contributed by atoms with van der Waals surface area (Å²) in [6, 6.07) is 5.08. The van der Waals surface area contributed by atoms with E-state index in [1.165, 1.54) is 6.92 Å². The molecule has 178 valence electrons. The van der Waals surface area contributed by atoms with Crippen molar-refractivity contribution >= 4 is 34.7 Å². The average molecular weight is 460 g/mol. The van der Waals surface area contributed by atoms with Crippen LogP contribution in [-0.4, -0.2) is 46.9 Å². The monoisotopic (exact) mass is 460 g/mol. The van der Waals surface area contributed by atoms with Gasteiger partial charge >= 0.3 is 11.6 Å². The second-order valence-electron chi connectivity index (χ2n) is 7.97. The minimum absolute atomic E-state index is 0.154. The standard InChI is InChI=1S/C22H28N4O7/c1-11(2)18(23)21(31)25-12(3)19(29)26-15(9-17(27)28)20(30)24-10-14-8-13-6-4-5-7-16(13)33-22(14)32/h4-8,11-12,15,18H,9-10,23H2,1-3H3,(H,24,30)(H,25,31)(H,26,29)(H,27,28)/t12-,15-,18-/m0/s1. The lowest BCUT2D eigenvalue weighted by molar-refractivity contribution is -0.141. The van der Waals surface area contributed by atoms with Gasteiger partial charge in [0, 0.05) is 5.39 Å². The van der Waals surface area contributed by atoms with Crippen molar-refractivity contribution in [3.63, 3.8) is 0 Å². The maximum atomic E-state index is 12.6. The normalized spacial score (nSPS) is 13.7. The van der Waals surface area contributed by atoms with Crippen molar-refractivity contribution in [1.29, 1.82) is 0 Å². The zero-order valence-corrected chi connectivity index (χ0v) is 18.6. The molecule has 1 aromatic carbocycles. The van der Waals surface area contributed by atoms with Crippen LogP contribution in [-0.2, 0) is 25.7 Å². The van der Waals surface area contributed by atoms with Crippen LogP contribution in [0.25, 0.3) is 11.0 Å². The fourth-order valence-electron chi connectivity index (χ4n) is 2.89. The highest BCUT2D eigenvalue weighted by atomic mass is 16.4. The Hall–Kier alpha value is -3.73. The molecule has 0 saturated heterocycles. The van der Waals surface area contributed by atoms with E-state index in [1.807, 2.05) is 0 Å². The van der Waals surface area contributed by atoms with Gasteiger partial charge in [0.1, 0.15) is 17.7 Å². The number of benzene rings is 1. The van der Waals surface area contributed by atoms with Gasteiger partial charge in [-0.2, -0.15) is 0 Å². The smallest absolute Gasteiger partial charge is 0.341 e. The van der Waals surface area contributed by atoms with Crippen molar-refractivity contribution in [1.82, 2.24) is 16.0 Å². The molecule has 0 bridgehead atoms. The van der Waals surface area contributed by atoms with Crippen LogP contribution >= 0.6 is 0 Å². The Kier molecular flexibility index (Phi) is 8.69. The van der Waals surface area contributed by atoms with Gasteiger partial charge in [0.05, 0.1) is 24.6 Å². The van der Waals surface area contributed by atoms with Gasteiger partial charge in [0.2, 0.25) is 17.7 Å². The number of para-hydroxylation sites is 1. The van der Waals surface area contributed by atoms with E-state index >= 15 is 0 Å². The van der Waals surface area contributed by atoms with Gasteiger partial charge in [-0.3, -0.25) is 19.2 Å². The number of carbonyl (C=O) groups is 4. The Labute approximate surface area is 189 Å². The fraction of sp³-hybridized carbons (Fsp3) is 0.409. The lowest BCUT2D eigenvalue weighted by atomic mass is 10.0. The van der Waals surface area contributed by atoms with Gasteiger partial charge in [-0.15, -0.1) is 0 Å². The number of fused-ring (bicyclic) bond motifs is 1. The zero-order valence-electron chi connectivity index (χ0n) is 18.6. The second kappa shape index (κ2) is 11.2. The number of carbonyl (C=O) groups excluding carboxylic acids is 3. The first-order chi connectivity index (χ1) is 15.5. The summed E-state index contributed by atoms with van der Waals surface area (Å²) in [5.41, 5.74) is 5.65. The quantitative estimate of drug-likeness (QED) is 0.304. The zero-order chi connectivity index (χ0) is 24.7. The fourth-order valence-corrected chi connectivity index (χ4v) is 2.89. The van der Waals surface area contributed by atoms with E-state index in [0.29, 0.717) is 11.0 Å². The van der Waals surface area contributed by atoms with Crippen LogP contribution in [0, 0.1) is 5.92 Å². The van der Waals surface area contributed by atoms with E-state index < -0.39 is 53.9 Å². The van der Waals surface area contributed by atoms with Crippen molar-refractivity contribution in [3.8, 4) is 0 Å². The summed E-state index contributed by atoms with van der Waals surface area (Å²) in [5.74, 6) is -3.59. The summed E-state index contributed by atoms with van der Waals surface area (Å²) in [4.78, 5) is 60.4. The van der Waals surface area contributed by atoms with Crippen molar-refractivity contribution in [2.45, 2.75) is 51.9 Å². The summed E-state index contributed by atoms with van der Waals surface area (Å²) in [7, 11) is 0. The first-order valence-electron chi connectivity index (χ1n) is 10.4. The third kappa shape index (κ3) is 7.14. The molecule has 0 aliphatic carbocycles. The highest BCUT2D eigenvalue weighted by Crippen LogP contribution is 2.12. The third-order valence-corrected chi connectivity index (χ3v) is 4.95. The van der Waals surface area contributed by atoms with E-state index in [-0.39, 0.29) is 18.0 Å². The Morgan fingerprint density at radius 3 is 2.33 bits per heavy atom. The molecule has 1 heterocycles. The SMILES string of the molecule is CC(C)[C@H](N)C(=O)N[C@@H](C)C(=O)N[C@@H](CC(=O)O)C(=O)NCc1cc2ccccc2oc1=O. The summed E-state index contributed by atoms with van der Waals surface area (Å²) in [6.45, 7) is 4.65. The van der Waals surface area contributed by atoms with Crippen molar-refractivity contribution in [2.24, 2.45) is 11.7 Å². The highest BCUT2D eigenvalue weighted by molar-refractivity contribution is 5.94. The molecule has 0 saturated carbocycles. The van der Waals surface area contributed by atoms with Crippen LogP contribution < -0.4 is 27.3 Å². The predicted octanol–water partition coefficient (Wildman–Crippen LogP) is -0.143. The number of nitrogens with one attached hydrogen (secondary N) is 3. The van der Waals surface area contributed by atoms with Gasteiger partial charge in [0.25, 0.3) is 0 Å². The average Bonchev–Trinajstić information content (AvgIpc) is 2.75. The van der Waals surface area contributed by atoms with Gasteiger partial charge in [-0.25, -0.2) is 4.79 Å². The number of hydrogen-bond donors (Lipinski definition) is 5. The summed E-state index contributed by atoms with van der Waals surface area (Å²) in [6.07, 6.45) is -0.698. The van der Waals surface area contributed by atoms with Crippen molar-refractivity contribution in [2.75, 3.05) is 0 Å². The largest absolute Gasteiger partial charge is 0.481 e. The van der Waals surface area contributed by atoms with Crippen molar-refractivity contribution < 1.29 is 28.7 Å². The number of rotatable bonds is 10. The molecule has 2 rings (SSSR count). The number of carboxylic acid groups (broad SMARTS) is 1. The molecule has 0 radical (unpaired) electrons. The number of amides is 3. The molecule has 3 atom stereocenters. The Bertz CT molecular complexity index is 1100. The predicted molar refractivity (Wildman–Crippen MR) is 119 cm³/mol. The van der Waals surface area contributed by atoms with Crippen molar-refractivity contribution in [3.05, 3.63) is 46.3 Å². The topological polar surface area (TPSA) is 181 Å². The van der Waals surface area contributed by atoms with Crippen LogP contribution in [0.4, 0.5) is 0 Å². The highest BCUT2D eigenvalue weighted by Gasteiger charge is 2.28. The minimum atomic E-state index is -1.43. The van der Waals surface area contributed by atoms with Gasteiger partial charge in [-0.1, -0.05) is 32.0 Å². The van der Waals surface area contributed by atoms with E-state index in [2.05, 4.69) is 16.0 Å². The van der Waals surface area contributed by atoms with Crippen LogP contribution in [0.3, 0.4) is 0 Å². The molecule has 33 heavy (non-hydrogen) atoms. The van der Waals surface area contributed by atoms with Crippen LogP contribution in [0.15, 0.2) is 39.5 Å². The minimum Gasteiger partial charge on any atom is -0.481 e. The molecular weight excluding hydrogens is 432 g/mol. The third-order valence-electron chi connectivity index (χ3n) is 4.95. The summed E-state index contributed by atoms with van der Waals surface area (Å²) < 4.78 is 5.20. The summed E-state index contributed by atoms with van der Waals surface area (Å²) >= 11 is 0.